The minimum atomic E-state index is -0.281. The maximum atomic E-state index is 12.0. The molecule has 0 aliphatic heterocycles. The third-order valence-electron chi connectivity index (χ3n) is 3.98. The van der Waals surface area contributed by atoms with E-state index in [1.54, 1.807) is 13.2 Å². The first kappa shape index (κ1) is 15.8. The van der Waals surface area contributed by atoms with Gasteiger partial charge >= 0.3 is 0 Å². The maximum Gasteiger partial charge on any atom is 0.170 e. The lowest BCUT2D eigenvalue weighted by atomic mass is 9.89. The van der Waals surface area contributed by atoms with Crippen LogP contribution in [-0.2, 0) is 20.9 Å². The van der Waals surface area contributed by atoms with Crippen molar-refractivity contribution < 1.29 is 19.4 Å². The first-order valence-electron chi connectivity index (χ1n) is 7.41. The average Bonchev–Trinajstić information content (AvgIpc) is 2.91. The fraction of sp³-hybridized carbons (Fsp3) is 0.353. The number of allylic oxidation sites excluding steroid dienone is 1. The highest BCUT2D eigenvalue weighted by Crippen LogP contribution is 2.32. The molecule has 1 N–H and O–H groups in total. The van der Waals surface area contributed by atoms with Crippen molar-refractivity contribution in [2.45, 2.75) is 32.8 Å². The van der Waals surface area contributed by atoms with E-state index in [1.807, 2.05) is 13.0 Å². The van der Waals surface area contributed by atoms with E-state index in [1.165, 1.54) is 11.3 Å². The summed E-state index contributed by atoms with van der Waals surface area (Å²) in [5, 5.41) is 11.4. The standard InChI is InChI=1S/C17H17NO4S/c1-9-10(17(21)15-11(19)4-3-5-12(15)20)6-7-13-16(9)18-14(23-13)8-22-2/h6-7,21H,3-5,8H2,1-2H3. The summed E-state index contributed by atoms with van der Waals surface area (Å²) in [5.74, 6) is -0.784. The number of hydrogen-bond donors (Lipinski definition) is 1. The van der Waals surface area contributed by atoms with E-state index in [0.717, 1.165) is 20.8 Å². The minimum absolute atomic E-state index is 0.0638. The molecule has 1 saturated carbocycles. The van der Waals surface area contributed by atoms with Gasteiger partial charge in [0.2, 0.25) is 0 Å². The summed E-state index contributed by atoms with van der Waals surface area (Å²) in [6.07, 6.45) is 1.17. The number of nitrogens with zero attached hydrogens (tertiary/aromatic N) is 1. The second kappa shape index (κ2) is 6.22. The van der Waals surface area contributed by atoms with Crippen molar-refractivity contribution in [1.82, 2.24) is 4.98 Å². The lowest BCUT2D eigenvalue weighted by Gasteiger charge is -2.15. The van der Waals surface area contributed by atoms with E-state index in [0.29, 0.717) is 31.4 Å². The van der Waals surface area contributed by atoms with Crippen LogP contribution >= 0.6 is 11.3 Å². The fourth-order valence-corrected chi connectivity index (χ4v) is 3.83. The molecule has 5 nitrogen and oxygen atoms in total. The van der Waals surface area contributed by atoms with Gasteiger partial charge in [0.25, 0.3) is 0 Å². The van der Waals surface area contributed by atoms with Crippen LogP contribution in [0.15, 0.2) is 17.7 Å². The summed E-state index contributed by atoms with van der Waals surface area (Å²) in [6.45, 7) is 2.26. The molecule has 3 rings (SSSR count). The van der Waals surface area contributed by atoms with Crippen LogP contribution in [0.2, 0.25) is 0 Å². The highest BCUT2D eigenvalue weighted by Gasteiger charge is 2.28. The summed E-state index contributed by atoms with van der Waals surface area (Å²) in [7, 11) is 1.61. The van der Waals surface area contributed by atoms with E-state index in [2.05, 4.69) is 4.98 Å². The van der Waals surface area contributed by atoms with Crippen LogP contribution in [0.5, 0.6) is 0 Å². The smallest absolute Gasteiger partial charge is 0.170 e. The largest absolute Gasteiger partial charge is 0.506 e. The number of aryl methyl sites for hydroxylation is 1. The molecule has 6 heteroatoms. The number of ketones is 2. The molecule has 0 radical (unpaired) electrons. The number of rotatable bonds is 3. The van der Waals surface area contributed by atoms with Gasteiger partial charge in [-0.2, -0.15) is 0 Å². The first-order valence-corrected chi connectivity index (χ1v) is 8.22. The van der Waals surface area contributed by atoms with Gasteiger partial charge in [0.15, 0.2) is 11.6 Å². The topological polar surface area (TPSA) is 76.5 Å². The molecule has 1 heterocycles. The Labute approximate surface area is 137 Å². The normalized spacial score (nSPS) is 15.5. The molecule has 120 valence electrons. The van der Waals surface area contributed by atoms with Gasteiger partial charge in [-0.3, -0.25) is 9.59 Å². The van der Waals surface area contributed by atoms with Crippen molar-refractivity contribution in [3.8, 4) is 0 Å². The highest BCUT2D eigenvalue weighted by atomic mass is 32.1. The summed E-state index contributed by atoms with van der Waals surface area (Å²) in [6, 6.07) is 3.59. The molecule has 0 saturated heterocycles. The van der Waals surface area contributed by atoms with Crippen LogP contribution in [-0.4, -0.2) is 28.8 Å². The lowest BCUT2D eigenvalue weighted by Crippen LogP contribution is -2.20. The molecule has 1 aromatic carbocycles. The van der Waals surface area contributed by atoms with E-state index in [4.69, 9.17) is 4.74 Å². The molecule has 0 amide bonds. The third kappa shape index (κ3) is 2.80. The van der Waals surface area contributed by atoms with Gasteiger partial charge in [0, 0.05) is 25.5 Å². The van der Waals surface area contributed by atoms with Crippen molar-refractivity contribution >= 4 is 38.9 Å². The van der Waals surface area contributed by atoms with Gasteiger partial charge in [-0.05, 0) is 31.0 Å². The van der Waals surface area contributed by atoms with E-state index in [9.17, 15) is 14.7 Å². The SMILES string of the molecule is COCc1nc2c(C)c(C(O)=C3C(=O)CCCC3=O)ccc2s1. The van der Waals surface area contributed by atoms with Crippen LogP contribution in [0, 0.1) is 6.92 Å². The lowest BCUT2D eigenvalue weighted by molar-refractivity contribution is -0.123. The van der Waals surface area contributed by atoms with Crippen molar-refractivity contribution in [2.75, 3.05) is 7.11 Å². The van der Waals surface area contributed by atoms with Gasteiger partial charge in [0.1, 0.15) is 16.3 Å². The molecule has 2 aromatic rings. The zero-order valence-corrected chi connectivity index (χ0v) is 13.8. The number of aliphatic hydroxyl groups is 1. The molecule has 0 atom stereocenters. The van der Waals surface area contributed by atoms with Crippen LogP contribution in [0.25, 0.3) is 16.0 Å². The number of hydrogen-bond acceptors (Lipinski definition) is 6. The van der Waals surface area contributed by atoms with Gasteiger partial charge in [-0.25, -0.2) is 4.98 Å². The Bertz CT molecular complexity index is 816. The van der Waals surface area contributed by atoms with E-state index < -0.39 is 0 Å². The Kier molecular flexibility index (Phi) is 4.28. The van der Waals surface area contributed by atoms with Crippen LogP contribution < -0.4 is 0 Å². The predicted molar refractivity (Wildman–Crippen MR) is 88.5 cm³/mol. The van der Waals surface area contributed by atoms with Gasteiger partial charge in [-0.15, -0.1) is 11.3 Å². The molecular formula is C17H17NO4S. The predicted octanol–water partition coefficient (Wildman–Crippen LogP) is 3.34. The van der Waals surface area contributed by atoms with E-state index >= 15 is 0 Å². The number of benzene rings is 1. The van der Waals surface area contributed by atoms with Gasteiger partial charge in [0.05, 0.1) is 16.8 Å². The Morgan fingerprint density at radius 1 is 1.30 bits per heavy atom. The second-order valence-electron chi connectivity index (χ2n) is 5.55. The van der Waals surface area contributed by atoms with Gasteiger partial charge < -0.3 is 9.84 Å². The zero-order chi connectivity index (χ0) is 16.6. The van der Waals surface area contributed by atoms with Crippen molar-refractivity contribution in [3.05, 3.63) is 33.8 Å². The molecule has 0 unspecified atom stereocenters. The number of Topliss-reactive ketones (excluding diaryl/α,β-unsaturated/α-hetero) is 2. The number of aromatic nitrogens is 1. The van der Waals surface area contributed by atoms with Gasteiger partial charge in [-0.1, -0.05) is 0 Å². The third-order valence-corrected chi connectivity index (χ3v) is 4.98. The summed E-state index contributed by atoms with van der Waals surface area (Å²) >= 11 is 1.53. The molecular weight excluding hydrogens is 314 g/mol. The second-order valence-corrected chi connectivity index (χ2v) is 6.66. The number of carbonyl (C=O) groups is 2. The van der Waals surface area contributed by atoms with Crippen molar-refractivity contribution in [2.24, 2.45) is 0 Å². The van der Waals surface area contributed by atoms with Crippen molar-refractivity contribution in [1.29, 1.82) is 0 Å². The molecule has 1 aliphatic rings. The Balaban J connectivity index is 2.14. The number of aliphatic hydroxyl groups excluding tert-OH is 1. The highest BCUT2D eigenvalue weighted by molar-refractivity contribution is 7.18. The van der Waals surface area contributed by atoms with E-state index in [-0.39, 0.29) is 22.9 Å². The fourth-order valence-electron chi connectivity index (χ4n) is 2.83. The van der Waals surface area contributed by atoms with Crippen molar-refractivity contribution in [3.63, 3.8) is 0 Å². The number of carbonyl (C=O) groups excluding carboxylic acids is 2. The number of fused-ring (bicyclic) bond motifs is 1. The Morgan fingerprint density at radius 3 is 2.65 bits per heavy atom. The monoisotopic (exact) mass is 331 g/mol. The van der Waals surface area contributed by atoms with Crippen LogP contribution in [0.4, 0.5) is 0 Å². The summed E-state index contributed by atoms with van der Waals surface area (Å²) in [5.41, 5.74) is 1.95. The summed E-state index contributed by atoms with van der Waals surface area (Å²) < 4.78 is 6.08. The van der Waals surface area contributed by atoms with Crippen LogP contribution in [0.1, 0.15) is 35.4 Å². The van der Waals surface area contributed by atoms with Crippen LogP contribution in [0.3, 0.4) is 0 Å². The number of methoxy groups -OCH3 is 1. The molecule has 1 aromatic heterocycles. The quantitative estimate of drug-likeness (QED) is 0.530. The number of thiazole rings is 1. The minimum Gasteiger partial charge on any atom is -0.506 e. The Morgan fingerprint density at radius 2 is 2.00 bits per heavy atom. The zero-order valence-electron chi connectivity index (χ0n) is 13.0. The summed E-state index contributed by atoms with van der Waals surface area (Å²) in [4.78, 5) is 28.5. The molecule has 0 spiro atoms. The molecule has 23 heavy (non-hydrogen) atoms. The average molecular weight is 331 g/mol. The molecule has 0 bridgehead atoms. The molecule has 1 aliphatic carbocycles. The maximum absolute atomic E-state index is 12.0. The number of ether oxygens (including phenoxy) is 1. The first-order chi connectivity index (χ1) is 11.0. The Hall–Kier alpha value is -2.05. The molecule has 1 fully saturated rings.